The van der Waals surface area contributed by atoms with Crippen molar-refractivity contribution in [1.82, 2.24) is 0 Å². The first kappa shape index (κ1) is 22.4. The van der Waals surface area contributed by atoms with E-state index in [1.165, 1.54) is 18.2 Å². The highest BCUT2D eigenvalue weighted by Crippen LogP contribution is 2.33. The predicted molar refractivity (Wildman–Crippen MR) is 128 cm³/mol. The summed E-state index contributed by atoms with van der Waals surface area (Å²) in [6.45, 7) is 2.55. The zero-order chi connectivity index (χ0) is 24.1. The van der Waals surface area contributed by atoms with Crippen LogP contribution >= 0.6 is 0 Å². The van der Waals surface area contributed by atoms with E-state index in [2.05, 4.69) is 5.92 Å². The van der Waals surface area contributed by atoms with Crippen LogP contribution in [0.1, 0.15) is 18.1 Å². The Morgan fingerprint density at radius 2 is 1.74 bits per heavy atom. The summed E-state index contributed by atoms with van der Waals surface area (Å²) in [7, 11) is 0. The van der Waals surface area contributed by atoms with E-state index < -0.39 is 5.63 Å². The number of hydrogen-bond donors (Lipinski definition) is 0. The molecule has 0 saturated heterocycles. The molecule has 2 heterocycles. The summed E-state index contributed by atoms with van der Waals surface area (Å²) in [5.41, 5.74) is 1.97. The Hall–Kier alpha value is -4.81. The summed E-state index contributed by atoms with van der Waals surface area (Å²) in [6, 6.07) is 22.2. The van der Waals surface area contributed by atoms with Crippen LogP contribution in [-0.4, -0.2) is 6.61 Å². The molecule has 0 aliphatic carbocycles. The number of terminal acetylenes is 1. The Morgan fingerprint density at radius 3 is 2.38 bits per heavy atom. The lowest BCUT2D eigenvalue weighted by molar-refractivity contribution is 0.340. The van der Waals surface area contributed by atoms with Gasteiger partial charge in [0.05, 0.1) is 12.0 Å². The van der Waals surface area contributed by atoms with E-state index in [4.69, 9.17) is 25.3 Å². The van der Waals surface area contributed by atoms with E-state index in [0.717, 1.165) is 11.3 Å². The molecular formula is C28H18FNO4. The van der Waals surface area contributed by atoms with Gasteiger partial charge in [0.25, 0.3) is 0 Å². The molecule has 0 atom stereocenters. The van der Waals surface area contributed by atoms with Crippen molar-refractivity contribution >= 4 is 21.9 Å². The van der Waals surface area contributed by atoms with Crippen molar-refractivity contribution in [2.24, 2.45) is 0 Å². The number of rotatable bonds is 3. The number of ether oxygens (including phenoxy) is 1. The van der Waals surface area contributed by atoms with Crippen LogP contribution in [0.3, 0.4) is 0 Å². The topological polar surface area (TPSA) is 76.4 Å². The van der Waals surface area contributed by atoms with Gasteiger partial charge in [-0.1, -0.05) is 5.92 Å². The third-order valence-electron chi connectivity index (χ3n) is 4.98. The molecule has 0 fully saturated rings. The second-order valence-corrected chi connectivity index (χ2v) is 7.17. The molecule has 0 saturated carbocycles. The largest absolute Gasteiger partial charge is 0.494 e. The zero-order valence-electron chi connectivity index (χ0n) is 18.2. The minimum atomic E-state index is -0.647. The molecule has 5 nitrogen and oxygen atoms in total. The molecule has 0 N–H and O–H groups in total. The highest BCUT2D eigenvalue weighted by atomic mass is 19.1. The number of nitrogens with zero attached hydrogens (tertiary/aromatic N) is 1. The molecular weight excluding hydrogens is 433 g/mol. The van der Waals surface area contributed by atoms with E-state index in [1.54, 1.807) is 24.3 Å². The van der Waals surface area contributed by atoms with E-state index in [-0.39, 0.29) is 11.4 Å². The number of benzene rings is 3. The lowest BCUT2D eigenvalue weighted by atomic mass is 10.1. The molecule has 5 rings (SSSR count). The normalized spacial score (nSPS) is 10.2. The summed E-state index contributed by atoms with van der Waals surface area (Å²) < 4.78 is 28.8. The Kier molecular flexibility index (Phi) is 6.43. The van der Waals surface area contributed by atoms with Crippen LogP contribution in [0.4, 0.5) is 4.39 Å². The van der Waals surface area contributed by atoms with Gasteiger partial charge in [0.2, 0.25) is 0 Å². The molecule has 5 aromatic rings. The van der Waals surface area contributed by atoms with E-state index in [0.29, 0.717) is 39.9 Å². The van der Waals surface area contributed by atoms with Crippen LogP contribution in [-0.2, 0) is 0 Å². The first-order valence-electron chi connectivity index (χ1n) is 10.4. The molecule has 0 aliphatic rings. The van der Waals surface area contributed by atoms with Gasteiger partial charge in [-0.15, -0.1) is 6.42 Å². The number of nitriles is 1. The smallest absolute Gasteiger partial charge is 0.354 e. The summed E-state index contributed by atoms with van der Waals surface area (Å²) in [5.74, 6) is 3.59. The first-order chi connectivity index (χ1) is 16.5. The number of hydrogen-bond acceptors (Lipinski definition) is 5. The third-order valence-corrected chi connectivity index (χ3v) is 4.98. The van der Waals surface area contributed by atoms with Crippen molar-refractivity contribution in [1.29, 1.82) is 5.26 Å². The van der Waals surface area contributed by atoms with Crippen LogP contribution in [0.2, 0.25) is 0 Å². The molecule has 6 heteroatoms. The van der Waals surface area contributed by atoms with Gasteiger partial charge in [-0.05, 0) is 79.7 Å². The Labute approximate surface area is 194 Å². The lowest BCUT2D eigenvalue weighted by Gasteiger charge is -2.02. The van der Waals surface area contributed by atoms with Crippen molar-refractivity contribution in [2.45, 2.75) is 6.92 Å². The SMILES string of the molecule is C#Cc1ccc(F)cc1.CCOc1ccc(-c2cc3c(ccc4cc(C#N)c(=O)oc43)o2)cc1. The van der Waals surface area contributed by atoms with E-state index in [9.17, 15) is 9.18 Å². The second kappa shape index (κ2) is 9.77. The maximum atomic E-state index is 12.2. The molecule has 0 amide bonds. The van der Waals surface area contributed by atoms with Gasteiger partial charge < -0.3 is 13.6 Å². The maximum absolute atomic E-state index is 12.2. The predicted octanol–water partition coefficient (Wildman–Crippen LogP) is 6.28. The van der Waals surface area contributed by atoms with Crippen LogP contribution in [0, 0.1) is 29.5 Å². The highest BCUT2D eigenvalue weighted by molar-refractivity contribution is 6.03. The van der Waals surface area contributed by atoms with Crippen LogP contribution in [0.15, 0.2) is 86.4 Å². The first-order valence-corrected chi connectivity index (χ1v) is 10.4. The van der Waals surface area contributed by atoms with E-state index >= 15 is 0 Å². The van der Waals surface area contributed by atoms with Gasteiger partial charge in [-0.25, -0.2) is 9.18 Å². The highest BCUT2D eigenvalue weighted by Gasteiger charge is 2.13. The van der Waals surface area contributed by atoms with Crippen LogP contribution < -0.4 is 10.4 Å². The molecule has 0 spiro atoms. The van der Waals surface area contributed by atoms with Gasteiger partial charge in [0, 0.05) is 16.5 Å². The average Bonchev–Trinajstić information content (AvgIpc) is 3.30. The minimum Gasteiger partial charge on any atom is -0.494 e. The number of halogens is 1. The molecule has 0 unspecified atom stereocenters. The fourth-order valence-electron chi connectivity index (χ4n) is 3.34. The molecule has 0 aliphatic heterocycles. The van der Waals surface area contributed by atoms with Gasteiger partial charge in [0.15, 0.2) is 0 Å². The van der Waals surface area contributed by atoms with Crippen LogP contribution in [0.25, 0.3) is 33.3 Å². The number of furan rings is 1. The van der Waals surface area contributed by atoms with Crippen molar-refractivity contribution in [3.63, 3.8) is 0 Å². The molecule has 0 radical (unpaired) electrons. The quantitative estimate of drug-likeness (QED) is 0.238. The fourth-order valence-corrected chi connectivity index (χ4v) is 3.34. The lowest BCUT2D eigenvalue weighted by Crippen LogP contribution is -2.02. The monoisotopic (exact) mass is 451 g/mol. The van der Waals surface area contributed by atoms with Crippen molar-refractivity contribution in [3.8, 4) is 35.5 Å². The fraction of sp³-hybridized carbons (Fsp3) is 0.0714. The Bertz CT molecular complexity index is 1600. The van der Waals surface area contributed by atoms with Gasteiger partial charge in [0.1, 0.15) is 40.1 Å². The van der Waals surface area contributed by atoms with Gasteiger partial charge >= 0.3 is 5.63 Å². The minimum absolute atomic E-state index is 0.0120. The summed E-state index contributed by atoms with van der Waals surface area (Å²) in [4.78, 5) is 11.9. The van der Waals surface area contributed by atoms with Crippen molar-refractivity contribution in [2.75, 3.05) is 6.61 Å². The van der Waals surface area contributed by atoms with E-state index in [1.807, 2.05) is 43.3 Å². The average molecular weight is 451 g/mol. The third kappa shape index (κ3) is 4.67. The zero-order valence-corrected chi connectivity index (χ0v) is 18.2. The second-order valence-electron chi connectivity index (χ2n) is 7.17. The van der Waals surface area contributed by atoms with Crippen molar-refractivity contribution < 1.29 is 18.0 Å². The Morgan fingerprint density at radius 1 is 1.00 bits per heavy atom. The molecule has 166 valence electrons. The van der Waals surface area contributed by atoms with Crippen molar-refractivity contribution in [3.05, 3.63) is 100 Å². The summed E-state index contributed by atoms with van der Waals surface area (Å²) in [5, 5.41) is 10.3. The van der Waals surface area contributed by atoms with Crippen LogP contribution in [0.5, 0.6) is 5.75 Å². The Balaban J connectivity index is 0.000000257. The maximum Gasteiger partial charge on any atom is 0.354 e. The standard InChI is InChI=1S/C20H13NO4.C8H5F/c1-2-23-15-6-3-12(4-7-15)18-10-16-17(24-18)8-5-13-9-14(11-21)20(22)25-19(13)16;1-2-7-3-5-8(9)6-4-7/h3-10H,2H2,1H3;1,3-6H. The summed E-state index contributed by atoms with van der Waals surface area (Å²) in [6.07, 6.45) is 5.03. The molecule has 2 aromatic heterocycles. The molecule has 0 bridgehead atoms. The number of fused-ring (bicyclic) bond motifs is 3. The molecule has 3 aromatic carbocycles. The summed E-state index contributed by atoms with van der Waals surface area (Å²) >= 11 is 0. The van der Waals surface area contributed by atoms with Gasteiger partial charge in [-0.2, -0.15) is 5.26 Å². The molecule has 34 heavy (non-hydrogen) atoms. The van der Waals surface area contributed by atoms with Gasteiger partial charge in [-0.3, -0.25) is 0 Å².